The highest BCUT2D eigenvalue weighted by Crippen LogP contribution is 2.46. The van der Waals surface area contributed by atoms with Gasteiger partial charge in [0.15, 0.2) is 5.69 Å². The van der Waals surface area contributed by atoms with Crippen LogP contribution in [0.2, 0.25) is 0 Å². The number of hydrogen-bond donors (Lipinski definition) is 4. The second-order valence-corrected chi connectivity index (χ2v) is 9.42. The lowest BCUT2D eigenvalue weighted by Gasteiger charge is -2.23. The lowest BCUT2D eigenvalue weighted by Crippen LogP contribution is -2.34. The fourth-order valence-corrected chi connectivity index (χ4v) is 5.05. The number of halogens is 3. The summed E-state index contributed by atoms with van der Waals surface area (Å²) < 4.78 is 41.3. The largest absolute Gasteiger partial charge is 0.433 e. The minimum absolute atomic E-state index is 0.106. The molecule has 1 amide bonds. The fraction of sp³-hybridized carbons (Fsp3) is 0.435. The van der Waals surface area contributed by atoms with Crippen LogP contribution in [0.3, 0.4) is 0 Å². The molecule has 0 radical (unpaired) electrons. The summed E-state index contributed by atoms with van der Waals surface area (Å²) in [7, 11) is 0. The van der Waals surface area contributed by atoms with Crippen molar-refractivity contribution >= 4 is 17.5 Å². The number of pyridine rings is 2. The molecule has 3 heterocycles. The number of amides is 1. The molecule has 0 bridgehead atoms. The molecule has 186 valence electrons. The monoisotopic (exact) mass is 488 g/mol. The summed E-state index contributed by atoms with van der Waals surface area (Å²) in [6, 6.07) is 4.47. The van der Waals surface area contributed by atoms with E-state index in [4.69, 9.17) is 17.3 Å². The minimum atomic E-state index is -4.64. The Morgan fingerprint density at radius 1 is 1.26 bits per heavy atom. The van der Waals surface area contributed by atoms with Crippen LogP contribution in [0.25, 0.3) is 0 Å². The number of hydrogen-bond acceptors (Lipinski definition) is 8. The topological polar surface area (TPSA) is 139 Å². The normalized spacial score (nSPS) is 23.1. The third-order valence-corrected chi connectivity index (χ3v) is 6.94. The van der Waals surface area contributed by atoms with Crippen LogP contribution in [-0.2, 0) is 23.9 Å². The molecule has 3 atom stereocenters. The van der Waals surface area contributed by atoms with Crippen molar-refractivity contribution in [3.63, 3.8) is 0 Å². The van der Waals surface area contributed by atoms with Crippen LogP contribution in [0.1, 0.15) is 41.3 Å². The van der Waals surface area contributed by atoms with Crippen molar-refractivity contribution in [3.05, 3.63) is 58.7 Å². The van der Waals surface area contributed by atoms with Gasteiger partial charge in [0.05, 0.1) is 12.6 Å². The van der Waals surface area contributed by atoms with Gasteiger partial charge < -0.3 is 26.7 Å². The van der Waals surface area contributed by atoms with Crippen LogP contribution in [-0.4, -0.2) is 34.0 Å². The van der Waals surface area contributed by atoms with Crippen molar-refractivity contribution in [3.8, 4) is 0 Å². The molecule has 9 nitrogen and oxygen atoms in total. The van der Waals surface area contributed by atoms with E-state index in [1.807, 2.05) is 4.90 Å². The molecule has 1 aliphatic heterocycles. The number of nitrogen functional groups attached to an aromatic ring is 1. The van der Waals surface area contributed by atoms with E-state index in [0.29, 0.717) is 36.3 Å². The summed E-state index contributed by atoms with van der Waals surface area (Å²) >= 11 is 0. The molecule has 1 saturated heterocycles. The Morgan fingerprint density at radius 3 is 2.71 bits per heavy atom. The molecule has 1 saturated carbocycles. The molecule has 2 aromatic heterocycles. The highest BCUT2D eigenvalue weighted by molar-refractivity contribution is 5.92. The van der Waals surface area contributed by atoms with Crippen LogP contribution >= 0.6 is 0 Å². The Balaban J connectivity index is 1.26. The standard InChI is InChI=1S/C23H27F3N8O/c24-23(25,26)20-12(1-4-19(32-20)33-8-13-7-14(13)9-33)10-34(29)11-17(27)22(35)31-18-3-2-16-15(18)5-6-30-21(16)28/h1,4-6,11,13-14,18H,2-3,7-10,27,29H2,(H2,28,30)(H,31,35)/b17-11-/t13?,14?,18-/m1/s1. The van der Waals surface area contributed by atoms with E-state index in [-0.39, 0.29) is 23.8 Å². The first-order valence-electron chi connectivity index (χ1n) is 11.4. The zero-order chi connectivity index (χ0) is 24.9. The second-order valence-electron chi connectivity index (χ2n) is 9.42. The average molecular weight is 489 g/mol. The van der Waals surface area contributed by atoms with Gasteiger partial charge in [-0.3, -0.25) is 4.79 Å². The summed E-state index contributed by atoms with van der Waals surface area (Å²) in [6.07, 6.45) is 0.505. The number of nitrogens with two attached hydrogens (primary N) is 3. The highest BCUT2D eigenvalue weighted by atomic mass is 19.4. The number of nitrogens with one attached hydrogen (secondary N) is 1. The molecule has 12 heteroatoms. The number of alkyl halides is 3. The van der Waals surface area contributed by atoms with Gasteiger partial charge in [-0.2, -0.15) is 13.2 Å². The van der Waals surface area contributed by atoms with Gasteiger partial charge in [0.2, 0.25) is 0 Å². The van der Waals surface area contributed by atoms with Gasteiger partial charge in [0.1, 0.15) is 17.3 Å². The Bertz CT molecular complexity index is 1170. The maximum Gasteiger partial charge on any atom is 0.433 e. The van der Waals surface area contributed by atoms with E-state index in [9.17, 15) is 18.0 Å². The van der Waals surface area contributed by atoms with Crippen LogP contribution in [0.4, 0.5) is 24.8 Å². The molecule has 35 heavy (non-hydrogen) atoms. The summed E-state index contributed by atoms with van der Waals surface area (Å²) in [6.45, 7) is 1.15. The molecule has 0 aromatic carbocycles. The van der Waals surface area contributed by atoms with Gasteiger partial charge in [0.25, 0.3) is 5.91 Å². The molecule has 2 unspecified atom stereocenters. The number of carbonyl (C=O) groups is 1. The Hall–Kier alpha value is -3.54. The lowest BCUT2D eigenvalue weighted by atomic mass is 10.1. The van der Waals surface area contributed by atoms with Gasteiger partial charge in [-0.05, 0) is 54.4 Å². The van der Waals surface area contributed by atoms with E-state index >= 15 is 0 Å². The number of hydrazine groups is 1. The van der Waals surface area contributed by atoms with Crippen molar-refractivity contribution in [2.45, 2.75) is 38.0 Å². The Kier molecular flexibility index (Phi) is 5.70. The van der Waals surface area contributed by atoms with Gasteiger partial charge >= 0.3 is 6.18 Å². The van der Waals surface area contributed by atoms with E-state index in [1.165, 1.54) is 6.07 Å². The van der Waals surface area contributed by atoms with E-state index in [2.05, 4.69) is 15.3 Å². The summed E-state index contributed by atoms with van der Waals surface area (Å²) in [5, 5.41) is 3.77. The van der Waals surface area contributed by atoms with Gasteiger partial charge in [-0.1, -0.05) is 6.07 Å². The summed E-state index contributed by atoms with van der Waals surface area (Å²) in [5.41, 5.74) is 12.2. The van der Waals surface area contributed by atoms with Crippen molar-refractivity contribution in [2.75, 3.05) is 23.7 Å². The van der Waals surface area contributed by atoms with Gasteiger partial charge in [-0.25, -0.2) is 15.8 Å². The third-order valence-electron chi connectivity index (χ3n) is 6.94. The van der Waals surface area contributed by atoms with E-state index in [1.54, 1.807) is 18.3 Å². The second kappa shape index (κ2) is 8.59. The Morgan fingerprint density at radius 2 is 2.00 bits per heavy atom. The SMILES string of the molecule is N/C(=C\N(N)Cc1ccc(N2CC3CC3C2)nc1C(F)(F)F)C(=O)N[C@@H]1CCc2c1ccnc2N. The number of rotatable bonds is 6. The summed E-state index contributed by atoms with van der Waals surface area (Å²) in [4.78, 5) is 22.5. The highest BCUT2D eigenvalue weighted by Gasteiger charge is 2.46. The first-order valence-corrected chi connectivity index (χ1v) is 11.4. The maximum absolute atomic E-state index is 13.8. The fourth-order valence-electron chi connectivity index (χ4n) is 5.05. The predicted molar refractivity (Wildman–Crippen MR) is 123 cm³/mol. The number of aromatic nitrogens is 2. The zero-order valence-electron chi connectivity index (χ0n) is 18.9. The molecular formula is C23H27F3N8O. The number of fused-ring (bicyclic) bond motifs is 2. The van der Waals surface area contributed by atoms with Crippen molar-refractivity contribution in [2.24, 2.45) is 23.4 Å². The number of anilines is 2. The minimum Gasteiger partial charge on any atom is -0.393 e. The van der Waals surface area contributed by atoms with Crippen molar-refractivity contribution < 1.29 is 18.0 Å². The molecular weight excluding hydrogens is 461 g/mol. The molecule has 2 fully saturated rings. The first-order chi connectivity index (χ1) is 16.6. The number of nitrogens with zero attached hydrogens (tertiary/aromatic N) is 4. The van der Waals surface area contributed by atoms with Crippen LogP contribution in [0, 0.1) is 11.8 Å². The van der Waals surface area contributed by atoms with E-state index < -0.39 is 17.8 Å². The van der Waals surface area contributed by atoms with Crippen molar-refractivity contribution in [1.29, 1.82) is 0 Å². The third kappa shape index (κ3) is 4.70. The maximum atomic E-state index is 13.8. The average Bonchev–Trinajstić information content (AvgIpc) is 3.20. The Labute approximate surface area is 200 Å². The van der Waals surface area contributed by atoms with E-state index in [0.717, 1.165) is 41.8 Å². The number of carbonyl (C=O) groups excluding carboxylic acids is 1. The van der Waals surface area contributed by atoms with Crippen LogP contribution in [0.15, 0.2) is 36.3 Å². The van der Waals surface area contributed by atoms with Crippen molar-refractivity contribution in [1.82, 2.24) is 20.3 Å². The smallest absolute Gasteiger partial charge is 0.393 e. The lowest BCUT2D eigenvalue weighted by molar-refractivity contribution is -0.142. The molecule has 5 rings (SSSR count). The molecule has 2 aromatic rings. The van der Waals surface area contributed by atoms with Gasteiger partial charge in [0, 0.05) is 31.0 Å². The zero-order valence-corrected chi connectivity index (χ0v) is 18.9. The molecule has 0 spiro atoms. The quantitative estimate of drug-likeness (QED) is 0.274. The predicted octanol–water partition coefficient (Wildman–Crippen LogP) is 1.81. The first kappa shape index (κ1) is 23.2. The van der Waals surface area contributed by atoms with Crippen LogP contribution < -0.4 is 27.5 Å². The molecule has 2 aliphatic carbocycles. The molecule has 7 N–H and O–H groups in total. The molecule has 3 aliphatic rings. The van der Waals surface area contributed by atoms with Crippen LogP contribution in [0.5, 0.6) is 0 Å². The van der Waals surface area contributed by atoms with Gasteiger partial charge in [-0.15, -0.1) is 0 Å². The summed E-state index contributed by atoms with van der Waals surface area (Å²) in [5.74, 6) is 7.21. The number of piperidine rings is 1.